The van der Waals surface area contributed by atoms with Crippen molar-refractivity contribution in [3.8, 4) is 5.88 Å². The lowest BCUT2D eigenvalue weighted by Gasteiger charge is -2.47. The van der Waals surface area contributed by atoms with Crippen LogP contribution in [0.25, 0.3) is 0 Å². The third-order valence-electron chi connectivity index (χ3n) is 4.32. The van der Waals surface area contributed by atoms with Gasteiger partial charge in [-0.2, -0.15) is 0 Å². The largest absolute Gasteiger partial charge is 0.480 e. The molecule has 1 aromatic rings. The summed E-state index contributed by atoms with van der Waals surface area (Å²) in [7, 11) is 2.77. The molecule has 8 nitrogen and oxygen atoms in total. The van der Waals surface area contributed by atoms with Gasteiger partial charge in [0.05, 0.1) is 31.6 Å². The van der Waals surface area contributed by atoms with Gasteiger partial charge in [-0.3, -0.25) is 4.90 Å². The minimum absolute atomic E-state index is 0.220. The molecule has 0 unspecified atom stereocenters. The van der Waals surface area contributed by atoms with E-state index >= 15 is 0 Å². The van der Waals surface area contributed by atoms with E-state index in [2.05, 4.69) is 9.88 Å². The number of rotatable bonds is 3. The molecule has 2 rings (SSSR count). The zero-order valence-corrected chi connectivity index (χ0v) is 17.2. The van der Waals surface area contributed by atoms with E-state index in [-0.39, 0.29) is 17.5 Å². The summed E-state index contributed by atoms with van der Waals surface area (Å²) in [5, 5.41) is 0. The van der Waals surface area contributed by atoms with Crippen LogP contribution in [0.1, 0.15) is 45.0 Å². The summed E-state index contributed by atoms with van der Waals surface area (Å²) < 4.78 is 15.5. The Hall–Kier alpha value is -2.51. The van der Waals surface area contributed by atoms with Crippen molar-refractivity contribution in [3.05, 3.63) is 17.8 Å². The second-order valence-electron chi connectivity index (χ2n) is 8.11. The van der Waals surface area contributed by atoms with Gasteiger partial charge in [0.25, 0.3) is 0 Å². The molecular formula is C19H29N3O5. The number of piperazine rings is 1. The molecule has 1 aliphatic heterocycles. The molecule has 2 heterocycles. The van der Waals surface area contributed by atoms with Gasteiger partial charge in [-0.1, -0.05) is 0 Å². The molecule has 1 saturated heterocycles. The summed E-state index contributed by atoms with van der Waals surface area (Å²) >= 11 is 0. The second-order valence-corrected chi connectivity index (χ2v) is 8.11. The van der Waals surface area contributed by atoms with Crippen LogP contribution in [0.2, 0.25) is 0 Å². The summed E-state index contributed by atoms with van der Waals surface area (Å²) in [6.07, 6.45) is 1.33. The maximum Gasteiger partial charge on any atom is 0.410 e. The lowest BCUT2D eigenvalue weighted by atomic mass is 9.99. The van der Waals surface area contributed by atoms with Gasteiger partial charge in [-0.05, 0) is 40.7 Å². The van der Waals surface area contributed by atoms with Crippen molar-refractivity contribution >= 4 is 17.7 Å². The molecule has 0 saturated carbocycles. The molecule has 27 heavy (non-hydrogen) atoms. The Morgan fingerprint density at radius 3 is 2.37 bits per heavy atom. The summed E-state index contributed by atoms with van der Waals surface area (Å²) in [6.45, 7) is 11.2. The Bertz CT molecular complexity index is 712. The Kier molecular flexibility index (Phi) is 5.87. The smallest absolute Gasteiger partial charge is 0.410 e. The highest BCUT2D eigenvalue weighted by Gasteiger charge is 2.39. The topological polar surface area (TPSA) is 81.2 Å². The van der Waals surface area contributed by atoms with Crippen molar-refractivity contribution < 1.29 is 23.8 Å². The number of anilines is 1. The fourth-order valence-electron chi connectivity index (χ4n) is 3.06. The molecule has 1 aromatic heterocycles. The van der Waals surface area contributed by atoms with Crippen LogP contribution in [0.3, 0.4) is 0 Å². The lowest BCUT2D eigenvalue weighted by Crippen LogP contribution is -2.61. The van der Waals surface area contributed by atoms with Crippen LogP contribution in [0, 0.1) is 0 Å². The highest BCUT2D eigenvalue weighted by atomic mass is 16.6. The van der Waals surface area contributed by atoms with E-state index in [0.717, 1.165) is 5.69 Å². The molecule has 150 valence electrons. The first kappa shape index (κ1) is 20.8. The number of pyridine rings is 1. The van der Waals surface area contributed by atoms with E-state index in [4.69, 9.17) is 14.2 Å². The maximum atomic E-state index is 12.5. The fourth-order valence-corrected chi connectivity index (χ4v) is 3.06. The first-order valence-electron chi connectivity index (χ1n) is 8.86. The third-order valence-corrected chi connectivity index (χ3v) is 4.32. The van der Waals surface area contributed by atoms with Gasteiger partial charge in [-0.25, -0.2) is 14.6 Å². The molecule has 0 spiro atoms. The molecule has 0 aromatic carbocycles. The highest BCUT2D eigenvalue weighted by molar-refractivity contribution is 5.92. The maximum absolute atomic E-state index is 12.5. The Labute approximate surface area is 160 Å². The third kappa shape index (κ3) is 4.81. The zero-order chi connectivity index (χ0) is 20.4. The second kappa shape index (κ2) is 7.62. The van der Waals surface area contributed by atoms with Crippen LogP contribution < -0.4 is 9.64 Å². The SMILES string of the molecule is COC(=O)c1cc(N2CCN(C(=O)OC(C)(C)C)C(C)(C)C2)cnc1OC. The Balaban J connectivity index is 2.22. The number of amides is 1. The van der Waals surface area contributed by atoms with Crippen LogP contribution in [-0.4, -0.2) is 66.9 Å². The number of aromatic nitrogens is 1. The summed E-state index contributed by atoms with van der Waals surface area (Å²) in [4.78, 5) is 32.6. The number of ether oxygens (including phenoxy) is 3. The number of hydrogen-bond donors (Lipinski definition) is 0. The van der Waals surface area contributed by atoms with Gasteiger partial charge < -0.3 is 19.1 Å². The van der Waals surface area contributed by atoms with E-state index in [9.17, 15) is 9.59 Å². The van der Waals surface area contributed by atoms with Gasteiger partial charge in [0.15, 0.2) is 0 Å². The van der Waals surface area contributed by atoms with E-state index in [1.54, 1.807) is 17.2 Å². The van der Waals surface area contributed by atoms with Crippen LogP contribution in [0.15, 0.2) is 12.3 Å². The molecule has 0 atom stereocenters. The zero-order valence-electron chi connectivity index (χ0n) is 17.2. The normalized spacial score (nSPS) is 16.7. The molecule has 0 aliphatic carbocycles. The van der Waals surface area contributed by atoms with Crippen LogP contribution >= 0.6 is 0 Å². The number of carbonyl (C=O) groups is 2. The molecule has 1 aliphatic rings. The molecule has 1 fully saturated rings. The predicted octanol–water partition coefficient (Wildman–Crippen LogP) is 2.71. The van der Waals surface area contributed by atoms with Crippen LogP contribution in [0.5, 0.6) is 5.88 Å². The first-order valence-corrected chi connectivity index (χ1v) is 8.86. The van der Waals surface area contributed by atoms with Crippen molar-refractivity contribution in [2.75, 3.05) is 38.8 Å². The number of hydrogen-bond acceptors (Lipinski definition) is 7. The molecule has 0 bridgehead atoms. The lowest BCUT2D eigenvalue weighted by molar-refractivity contribution is 0.000367. The van der Waals surface area contributed by atoms with Gasteiger partial charge in [0.2, 0.25) is 5.88 Å². The van der Waals surface area contributed by atoms with Crippen molar-refractivity contribution in [3.63, 3.8) is 0 Å². The van der Waals surface area contributed by atoms with E-state index in [0.29, 0.717) is 19.6 Å². The van der Waals surface area contributed by atoms with Gasteiger partial charge in [0.1, 0.15) is 11.2 Å². The van der Waals surface area contributed by atoms with Crippen LogP contribution in [-0.2, 0) is 9.47 Å². The number of nitrogens with zero attached hydrogens (tertiary/aromatic N) is 3. The van der Waals surface area contributed by atoms with Crippen LogP contribution in [0.4, 0.5) is 10.5 Å². The standard InChI is InChI=1S/C19H29N3O5/c1-18(2,3)27-17(24)22-9-8-21(12-19(22,4)5)13-10-14(16(23)26-7)15(25-6)20-11-13/h10-11H,8-9,12H2,1-7H3. The van der Waals surface area contributed by atoms with E-state index < -0.39 is 17.1 Å². The van der Waals surface area contributed by atoms with E-state index in [1.165, 1.54) is 14.2 Å². The van der Waals surface area contributed by atoms with Crippen molar-refractivity contribution in [2.45, 2.75) is 45.8 Å². The van der Waals surface area contributed by atoms with Gasteiger partial charge in [-0.15, -0.1) is 0 Å². The average molecular weight is 379 g/mol. The Morgan fingerprint density at radius 2 is 1.85 bits per heavy atom. The molecule has 0 N–H and O–H groups in total. The first-order chi connectivity index (χ1) is 12.5. The molecular weight excluding hydrogens is 350 g/mol. The average Bonchev–Trinajstić information content (AvgIpc) is 2.57. The minimum Gasteiger partial charge on any atom is -0.480 e. The van der Waals surface area contributed by atoms with Crippen molar-refractivity contribution in [1.29, 1.82) is 0 Å². The van der Waals surface area contributed by atoms with Gasteiger partial charge >= 0.3 is 12.1 Å². The quantitative estimate of drug-likeness (QED) is 0.747. The number of esters is 1. The Morgan fingerprint density at radius 1 is 1.19 bits per heavy atom. The minimum atomic E-state index is -0.542. The summed E-state index contributed by atoms with van der Waals surface area (Å²) in [5.41, 5.74) is 0.0453. The predicted molar refractivity (Wildman–Crippen MR) is 101 cm³/mol. The fraction of sp³-hybridized carbons (Fsp3) is 0.632. The summed E-state index contributed by atoms with van der Waals surface area (Å²) in [6, 6.07) is 1.71. The number of carbonyl (C=O) groups excluding carboxylic acids is 2. The molecule has 8 heteroatoms. The number of methoxy groups -OCH3 is 2. The van der Waals surface area contributed by atoms with Crippen molar-refractivity contribution in [2.24, 2.45) is 0 Å². The van der Waals surface area contributed by atoms with E-state index in [1.807, 2.05) is 34.6 Å². The molecule has 1 amide bonds. The highest BCUT2D eigenvalue weighted by Crippen LogP contribution is 2.29. The van der Waals surface area contributed by atoms with Gasteiger partial charge in [0, 0.05) is 19.6 Å². The summed E-state index contributed by atoms with van der Waals surface area (Å²) in [5.74, 6) is -0.287. The van der Waals surface area contributed by atoms with Crippen molar-refractivity contribution in [1.82, 2.24) is 9.88 Å². The monoisotopic (exact) mass is 379 g/mol. The molecule has 0 radical (unpaired) electrons.